The van der Waals surface area contributed by atoms with Crippen molar-refractivity contribution in [2.75, 3.05) is 24.2 Å². The van der Waals surface area contributed by atoms with Gasteiger partial charge in [0.15, 0.2) is 0 Å². The monoisotopic (exact) mass is 219 g/mol. The molecular weight excluding hydrogens is 202 g/mol. The summed E-state index contributed by atoms with van der Waals surface area (Å²) in [7, 11) is 1.97. The molecule has 0 fully saturated rings. The number of rotatable bonds is 4. The fourth-order valence-corrected chi connectivity index (χ4v) is 1.77. The van der Waals surface area contributed by atoms with Crippen LogP contribution in [0.1, 0.15) is 19.8 Å². The number of nitrogens with two attached hydrogens (primary N) is 1. The van der Waals surface area contributed by atoms with Crippen molar-refractivity contribution in [2.24, 2.45) is 0 Å². The number of aromatic amines is 1. The van der Waals surface area contributed by atoms with E-state index in [4.69, 9.17) is 5.73 Å². The van der Waals surface area contributed by atoms with Crippen molar-refractivity contribution in [3.63, 3.8) is 0 Å². The lowest BCUT2D eigenvalue weighted by molar-refractivity contribution is 0.839. The van der Waals surface area contributed by atoms with E-state index in [1.807, 2.05) is 11.9 Å². The molecule has 0 saturated heterocycles. The second kappa shape index (κ2) is 4.38. The van der Waals surface area contributed by atoms with Gasteiger partial charge in [0, 0.05) is 13.6 Å². The van der Waals surface area contributed by atoms with Crippen molar-refractivity contribution in [1.29, 1.82) is 0 Å². The molecule has 0 aromatic carbocycles. The standard InChI is InChI=1S/C11H17N5/c1-8-4-3-5-9(8)6-7-16(2)11-13-10(12)14-15-11/h3,5H,4,6-7H2,1-2H3,(H3,12,13,14,15). The van der Waals surface area contributed by atoms with Crippen LogP contribution in [0.15, 0.2) is 23.3 Å². The van der Waals surface area contributed by atoms with E-state index in [0.29, 0.717) is 11.9 Å². The predicted molar refractivity (Wildman–Crippen MR) is 65.1 cm³/mol. The van der Waals surface area contributed by atoms with E-state index in [2.05, 4.69) is 34.3 Å². The van der Waals surface area contributed by atoms with Crippen molar-refractivity contribution < 1.29 is 0 Å². The minimum atomic E-state index is 0.359. The van der Waals surface area contributed by atoms with Crippen LogP contribution in [0, 0.1) is 0 Å². The summed E-state index contributed by atoms with van der Waals surface area (Å²) in [5, 5.41) is 6.65. The summed E-state index contributed by atoms with van der Waals surface area (Å²) in [6.45, 7) is 3.08. The molecule has 16 heavy (non-hydrogen) atoms. The van der Waals surface area contributed by atoms with Crippen LogP contribution in [-0.4, -0.2) is 28.8 Å². The molecule has 1 heterocycles. The highest BCUT2D eigenvalue weighted by molar-refractivity contribution is 5.36. The molecule has 2 rings (SSSR count). The number of anilines is 2. The van der Waals surface area contributed by atoms with Crippen LogP contribution in [0.25, 0.3) is 0 Å². The van der Waals surface area contributed by atoms with Crippen LogP contribution >= 0.6 is 0 Å². The maximum absolute atomic E-state index is 5.48. The summed E-state index contributed by atoms with van der Waals surface area (Å²) >= 11 is 0. The zero-order valence-corrected chi connectivity index (χ0v) is 9.70. The van der Waals surface area contributed by atoms with Gasteiger partial charge >= 0.3 is 0 Å². The van der Waals surface area contributed by atoms with Crippen LogP contribution < -0.4 is 10.6 Å². The third-order valence-electron chi connectivity index (χ3n) is 2.84. The summed E-state index contributed by atoms with van der Waals surface area (Å²) in [4.78, 5) is 6.08. The summed E-state index contributed by atoms with van der Waals surface area (Å²) < 4.78 is 0. The van der Waals surface area contributed by atoms with Crippen molar-refractivity contribution in [1.82, 2.24) is 15.2 Å². The number of hydrogen-bond donors (Lipinski definition) is 2. The van der Waals surface area contributed by atoms with Crippen molar-refractivity contribution >= 4 is 11.9 Å². The molecule has 1 aromatic heterocycles. The summed E-state index contributed by atoms with van der Waals surface area (Å²) in [5.74, 6) is 1.01. The molecule has 1 aliphatic rings. The van der Waals surface area contributed by atoms with Gasteiger partial charge in [0.05, 0.1) is 0 Å². The second-order valence-corrected chi connectivity index (χ2v) is 4.10. The van der Waals surface area contributed by atoms with Gasteiger partial charge in [0.2, 0.25) is 11.9 Å². The highest BCUT2D eigenvalue weighted by Gasteiger charge is 2.09. The fraction of sp³-hybridized carbons (Fsp3) is 0.455. The highest BCUT2D eigenvalue weighted by Crippen LogP contribution is 2.21. The topological polar surface area (TPSA) is 70.8 Å². The first-order valence-electron chi connectivity index (χ1n) is 5.41. The number of H-pyrrole nitrogens is 1. The molecule has 5 nitrogen and oxygen atoms in total. The van der Waals surface area contributed by atoms with Gasteiger partial charge < -0.3 is 10.6 Å². The first-order valence-corrected chi connectivity index (χ1v) is 5.41. The zero-order chi connectivity index (χ0) is 11.5. The van der Waals surface area contributed by atoms with Crippen molar-refractivity contribution in [2.45, 2.75) is 19.8 Å². The van der Waals surface area contributed by atoms with Crippen LogP contribution in [-0.2, 0) is 0 Å². The summed E-state index contributed by atoms with van der Waals surface area (Å²) in [6.07, 6.45) is 6.52. The lowest BCUT2D eigenvalue weighted by Crippen LogP contribution is -2.20. The maximum Gasteiger partial charge on any atom is 0.246 e. The third-order valence-corrected chi connectivity index (χ3v) is 2.84. The fourth-order valence-electron chi connectivity index (χ4n) is 1.77. The molecule has 0 aliphatic heterocycles. The number of allylic oxidation sites excluding steroid dienone is 3. The first-order chi connectivity index (χ1) is 7.66. The van der Waals surface area contributed by atoms with Crippen LogP contribution in [0.2, 0.25) is 0 Å². The van der Waals surface area contributed by atoms with Crippen molar-refractivity contribution in [3.8, 4) is 0 Å². The van der Waals surface area contributed by atoms with E-state index in [9.17, 15) is 0 Å². The quantitative estimate of drug-likeness (QED) is 0.804. The Morgan fingerprint density at radius 1 is 1.56 bits per heavy atom. The molecule has 0 bridgehead atoms. The molecular formula is C11H17N5. The second-order valence-electron chi connectivity index (χ2n) is 4.10. The predicted octanol–water partition coefficient (Wildman–Crippen LogP) is 1.49. The summed E-state index contributed by atoms with van der Waals surface area (Å²) in [6, 6.07) is 0. The van der Waals surface area contributed by atoms with E-state index in [0.717, 1.165) is 19.4 Å². The van der Waals surface area contributed by atoms with Crippen LogP contribution in [0.3, 0.4) is 0 Å². The Morgan fingerprint density at radius 2 is 2.38 bits per heavy atom. The van der Waals surface area contributed by atoms with Gasteiger partial charge in [-0.1, -0.05) is 17.7 Å². The van der Waals surface area contributed by atoms with Gasteiger partial charge in [0.1, 0.15) is 0 Å². The Morgan fingerprint density at radius 3 is 2.94 bits per heavy atom. The maximum atomic E-state index is 5.48. The lowest BCUT2D eigenvalue weighted by atomic mass is 10.1. The molecule has 0 spiro atoms. The molecule has 1 aliphatic carbocycles. The third kappa shape index (κ3) is 2.24. The van der Waals surface area contributed by atoms with E-state index in [-0.39, 0.29) is 0 Å². The zero-order valence-electron chi connectivity index (χ0n) is 9.70. The average Bonchev–Trinajstić information content (AvgIpc) is 2.84. The molecule has 5 heteroatoms. The van der Waals surface area contributed by atoms with Crippen LogP contribution in [0.5, 0.6) is 0 Å². The van der Waals surface area contributed by atoms with Gasteiger partial charge in [-0.25, -0.2) is 5.10 Å². The van der Waals surface area contributed by atoms with E-state index in [1.54, 1.807) is 0 Å². The Balaban J connectivity index is 1.91. The van der Waals surface area contributed by atoms with Gasteiger partial charge in [-0.3, -0.25) is 0 Å². The van der Waals surface area contributed by atoms with Gasteiger partial charge in [-0.15, -0.1) is 5.10 Å². The first kappa shape index (κ1) is 10.7. The molecule has 86 valence electrons. The molecule has 1 aromatic rings. The van der Waals surface area contributed by atoms with Gasteiger partial charge in [-0.2, -0.15) is 4.98 Å². The Kier molecular flexibility index (Phi) is 2.94. The minimum absolute atomic E-state index is 0.359. The van der Waals surface area contributed by atoms with Crippen LogP contribution in [0.4, 0.5) is 11.9 Å². The summed E-state index contributed by atoms with van der Waals surface area (Å²) in [5.41, 5.74) is 8.37. The number of nitrogen functional groups attached to an aromatic ring is 1. The molecule has 0 unspecified atom stereocenters. The van der Waals surface area contributed by atoms with E-state index >= 15 is 0 Å². The van der Waals surface area contributed by atoms with Gasteiger partial charge in [0.25, 0.3) is 0 Å². The highest BCUT2D eigenvalue weighted by atomic mass is 15.4. The molecule has 0 radical (unpaired) electrons. The largest absolute Gasteiger partial charge is 0.368 e. The number of nitrogens with zero attached hydrogens (tertiary/aromatic N) is 3. The number of aromatic nitrogens is 3. The van der Waals surface area contributed by atoms with Gasteiger partial charge in [-0.05, 0) is 25.3 Å². The lowest BCUT2D eigenvalue weighted by Gasteiger charge is -2.14. The molecule has 0 saturated carbocycles. The Hall–Kier alpha value is -1.78. The number of hydrogen-bond acceptors (Lipinski definition) is 4. The molecule has 3 N–H and O–H groups in total. The van der Waals surface area contributed by atoms with E-state index < -0.39 is 0 Å². The Labute approximate surface area is 95.0 Å². The molecule has 0 atom stereocenters. The average molecular weight is 219 g/mol. The Bertz CT molecular complexity index is 429. The number of nitrogens with one attached hydrogen (secondary N) is 1. The molecule has 0 amide bonds. The minimum Gasteiger partial charge on any atom is -0.368 e. The van der Waals surface area contributed by atoms with Crippen molar-refractivity contribution in [3.05, 3.63) is 23.3 Å². The van der Waals surface area contributed by atoms with E-state index in [1.165, 1.54) is 11.1 Å². The normalized spacial score (nSPS) is 14.9. The smallest absolute Gasteiger partial charge is 0.246 e. The SMILES string of the molecule is CC1=C(CCN(C)c2n[nH]c(N)n2)C=CC1.